The Hall–Kier alpha value is -2.65. The van der Waals surface area contributed by atoms with Gasteiger partial charge in [0.05, 0.1) is 25.5 Å². The number of hydrogen-bond acceptors (Lipinski definition) is 9. The van der Waals surface area contributed by atoms with Gasteiger partial charge in [0, 0.05) is 13.1 Å². The fourth-order valence-electron chi connectivity index (χ4n) is 1.90. The minimum Gasteiger partial charge on any atom is -0.492 e. The van der Waals surface area contributed by atoms with Crippen molar-refractivity contribution in [1.29, 1.82) is 0 Å². The van der Waals surface area contributed by atoms with Gasteiger partial charge in [-0.1, -0.05) is 12.1 Å². The van der Waals surface area contributed by atoms with Gasteiger partial charge >= 0.3 is 0 Å². The van der Waals surface area contributed by atoms with Gasteiger partial charge in [-0.15, -0.1) is 0 Å². The summed E-state index contributed by atoms with van der Waals surface area (Å²) in [7, 11) is 0. The Kier molecular flexibility index (Phi) is 6.99. The third-order valence-electron chi connectivity index (χ3n) is 2.86. The second-order valence-electron chi connectivity index (χ2n) is 4.66. The summed E-state index contributed by atoms with van der Waals surface area (Å²) < 4.78 is 5.57. The Morgan fingerprint density at radius 2 is 1.50 bits per heavy atom. The standard InChI is InChI=1S/C15H22N6O3/c1-2-24-12-6-4-3-5-11(12)18-15-20-13(16-7-9-22)19-14(21-15)17-8-10-23/h3-6,22-23H,2,7-10H2,1H3,(H3,16,17,18,19,20,21). The van der Waals surface area contributed by atoms with Crippen LogP contribution in [0.3, 0.4) is 0 Å². The van der Waals surface area contributed by atoms with E-state index < -0.39 is 0 Å². The van der Waals surface area contributed by atoms with Crippen LogP contribution in [0, 0.1) is 0 Å². The Morgan fingerprint density at radius 3 is 2.08 bits per heavy atom. The number of hydrogen-bond donors (Lipinski definition) is 5. The molecule has 9 heteroatoms. The highest BCUT2D eigenvalue weighted by Crippen LogP contribution is 2.26. The number of para-hydroxylation sites is 2. The summed E-state index contributed by atoms with van der Waals surface area (Å²) in [6.07, 6.45) is 0. The average Bonchev–Trinajstić information content (AvgIpc) is 2.60. The van der Waals surface area contributed by atoms with Crippen LogP contribution in [0.2, 0.25) is 0 Å². The summed E-state index contributed by atoms with van der Waals surface area (Å²) >= 11 is 0. The van der Waals surface area contributed by atoms with E-state index in [1.54, 1.807) is 0 Å². The third kappa shape index (κ3) is 5.21. The molecule has 0 saturated carbocycles. The number of rotatable bonds is 10. The highest BCUT2D eigenvalue weighted by Gasteiger charge is 2.09. The maximum absolute atomic E-state index is 8.92. The largest absolute Gasteiger partial charge is 0.492 e. The minimum atomic E-state index is -0.0407. The molecule has 0 fully saturated rings. The van der Waals surface area contributed by atoms with Crippen molar-refractivity contribution >= 4 is 23.5 Å². The van der Waals surface area contributed by atoms with E-state index in [2.05, 4.69) is 30.9 Å². The Labute approximate surface area is 140 Å². The second kappa shape index (κ2) is 9.48. The number of nitrogens with zero attached hydrogens (tertiary/aromatic N) is 3. The van der Waals surface area contributed by atoms with E-state index in [0.717, 1.165) is 5.69 Å². The van der Waals surface area contributed by atoms with Crippen LogP contribution in [-0.2, 0) is 0 Å². The van der Waals surface area contributed by atoms with Gasteiger partial charge in [0.25, 0.3) is 0 Å². The van der Waals surface area contributed by atoms with Gasteiger partial charge in [0.15, 0.2) is 0 Å². The molecule has 130 valence electrons. The fraction of sp³-hybridized carbons (Fsp3) is 0.400. The first-order valence-corrected chi connectivity index (χ1v) is 7.71. The lowest BCUT2D eigenvalue weighted by molar-refractivity contribution is 0.310. The number of ether oxygens (including phenoxy) is 1. The number of nitrogens with one attached hydrogen (secondary N) is 3. The average molecular weight is 334 g/mol. The predicted octanol–water partition coefficient (Wildman–Crippen LogP) is 0.822. The van der Waals surface area contributed by atoms with Crippen molar-refractivity contribution in [2.45, 2.75) is 6.92 Å². The van der Waals surface area contributed by atoms with Crippen LogP contribution >= 0.6 is 0 Å². The summed E-state index contributed by atoms with van der Waals surface area (Å²) in [5, 5.41) is 26.7. The van der Waals surface area contributed by atoms with E-state index in [9.17, 15) is 0 Å². The van der Waals surface area contributed by atoms with E-state index in [0.29, 0.717) is 43.3 Å². The third-order valence-corrected chi connectivity index (χ3v) is 2.86. The van der Waals surface area contributed by atoms with Crippen molar-refractivity contribution in [3.8, 4) is 5.75 Å². The van der Waals surface area contributed by atoms with E-state index in [1.165, 1.54) is 0 Å². The molecule has 0 bridgehead atoms. The van der Waals surface area contributed by atoms with Crippen molar-refractivity contribution in [2.24, 2.45) is 0 Å². The zero-order chi connectivity index (χ0) is 17.2. The van der Waals surface area contributed by atoms with Gasteiger partial charge in [-0.25, -0.2) is 0 Å². The lowest BCUT2D eigenvalue weighted by atomic mass is 10.3. The first-order valence-electron chi connectivity index (χ1n) is 7.71. The fourth-order valence-corrected chi connectivity index (χ4v) is 1.90. The zero-order valence-corrected chi connectivity index (χ0v) is 13.5. The number of benzene rings is 1. The minimum absolute atomic E-state index is 0.0407. The molecular weight excluding hydrogens is 312 g/mol. The predicted molar refractivity (Wildman–Crippen MR) is 91.9 cm³/mol. The molecule has 1 aromatic carbocycles. The maximum Gasteiger partial charge on any atom is 0.233 e. The van der Waals surface area contributed by atoms with Crippen molar-refractivity contribution in [2.75, 3.05) is 48.9 Å². The Bertz CT molecular complexity index is 614. The molecule has 0 aliphatic heterocycles. The lowest BCUT2D eigenvalue weighted by Crippen LogP contribution is -2.15. The van der Waals surface area contributed by atoms with Crippen molar-refractivity contribution in [1.82, 2.24) is 15.0 Å². The molecule has 0 unspecified atom stereocenters. The number of aliphatic hydroxyl groups is 2. The molecule has 0 aliphatic carbocycles. The van der Waals surface area contributed by atoms with Crippen molar-refractivity contribution in [3.63, 3.8) is 0 Å². The number of aliphatic hydroxyl groups excluding tert-OH is 2. The van der Waals surface area contributed by atoms with Crippen LogP contribution < -0.4 is 20.7 Å². The van der Waals surface area contributed by atoms with Crippen LogP contribution in [0.15, 0.2) is 24.3 Å². The molecule has 0 spiro atoms. The molecule has 24 heavy (non-hydrogen) atoms. The van der Waals surface area contributed by atoms with Crippen LogP contribution in [0.1, 0.15) is 6.92 Å². The molecule has 2 rings (SSSR count). The van der Waals surface area contributed by atoms with Gasteiger partial charge in [0.1, 0.15) is 5.75 Å². The Balaban J connectivity index is 2.24. The normalized spacial score (nSPS) is 10.3. The monoisotopic (exact) mass is 334 g/mol. The summed E-state index contributed by atoms with van der Waals surface area (Å²) in [5.41, 5.74) is 0.728. The van der Waals surface area contributed by atoms with Crippen LogP contribution in [0.25, 0.3) is 0 Å². The molecule has 0 atom stereocenters. The molecule has 0 amide bonds. The van der Waals surface area contributed by atoms with Crippen LogP contribution in [0.5, 0.6) is 5.75 Å². The molecule has 0 radical (unpaired) electrons. The molecule has 0 aliphatic rings. The molecule has 1 aromatic heterocycles. The smallest absolute Gasteiger partial charge is 0.233 e. The summed E-state index contributed by atoms with van der Waals surface area (Å²) in [6, 6.07) is 7.47. The number of aromatic nitrogens is 3. The second-order valence-corrected chi connectivity index (χ2v) is 4.66. The molecule has 5 N–H and O–H groups in total. The maximum atomic E-state index is 8.92. The zero-order valence-electron chi connectivity index (χ0n) is 13.5. The van der Waals surface area contributed by atoms with Gasteiger partial charge in [-0.05, 0) is 19.1 Å². The molecule has 1 heterocycles. The molecular formula is C15H22N6O3. The van der Waals surface area contributed by atoms with E-state index >= 15 is 0 Å². The summed E-state index contributed by atoms with van der Waals surface area (Å²) in [5.74, 6) is 1.64. The van der Waals surface area contributed by atoms with Gasteiger partial charge in [0.2, 0.25) is 17.8 Å². The van der Waals surface area contributed by atoms with Crippen LogP contribution in [-0.4, -0.2) is 58.1 Å². The van der Waals surface area contributed by atoms with Crippen LogP contribution in [0.4, 0.5) is 23.5 Å². The van der Waals surface area contributed by atoms with E-state index in [4.69, 9.17) is 14.9 Å². The van der Waals surface area contributed by atoms with Gasteiger partial charge in [-0.2, -0.15) is 15.0 Å². The first kappa shape index (κ1) is 17.7. The van der Waals surface area contributed by atoms with Crippen molar-refractivity contribution < 1.29 is 14.9 Å². The molecule has 2 aromatic rings. The highest BCUT2D eigenvalue weighted by atomic mass is 16.5. The van der Waals surface area contributed by atoms with Crippen molar-refractivity contribution in [3.05, 3.63) is 24.3 Å². The van der Waals surface area contributed by atoms with E-state index in [1.807, 2.05) is 31.2 Å². The number of anilines is 4. The summed E-state index contributed by atoms with van der Waals surface area (Å²) in [4.78, 5) is 12.7. The van der Waals surface area contributed by atoms with Gasteiger partial charge < -0.3 is 30.9 Å². The highest BCUT2D eigenvalue weighted by molar-refractivity contribution is 5.63. The van der Waals surface area contributed by atoms with E-state index in [-0.39, 0.29) is 13.2 Å². The van der Waals surface area contributed by atoms with Gasteiger partial charge in [-0.3, -0.25) is 0 Å². The Morgan fingerprint density at radius 1 is 0.917 bits per heavy atom. The topological polar surface area (TPSA) is 124 Å². The summed E-state index contributed by atoms with van der Waals surface area (Å²) in [6.45, 7) is 3.01. The molecule has 9 nitrogen and oxygen atoms in total. The quantitative estimate of drug-likeness (QED) is 0.429. The first-order chi connectivity index (χ1) is 11.8. The SMILES string of the molecule is CCOc1ccccc1Nc1nc(NCCO)nc(NCCO)n1. The molecule has 0 saturated heterocycles. The lowest BCUT2D eigenvalue weighted by Gasteiger charge is -2.13.